The first-order valence-electron chi connectivity index (χ1n) is 15.1. The molecule has 3 nitrogen and oxygen atoms in total. The third-order valence-electron chi connectivity index (χ3n) is 7.84. The first kappa shape index (κ1) is 29.9. The smallest absolute Gasteiger partial charge is 0.335 e. The van der Waals surface area contributed by atoms with Gasteiger partial charge in [0.05, 0.1) is 5.57 Å². The highest BCUT2D eigenvalue weighted by atomic mass is 16.4. The predicted molar refractivity (Wildman–Crippen MR) is 192 cm³/mol. The van der Waals surface area contributed by atoms with Crippen molar-refractivity contribution in [2.75, 3.05) is 4.90 Å². The number of rotatable bonds is 10. The zero-order valence-corrected chi connectivity index (χ0v) is 25.3. The van der Waals surface area contributed by atoms with Gasteiger partial charge in [0.1, 0.15) is 0 Å². The van der Waals surface area contributed by atoms with Crippen molar-refractivity contribution in [3.8, 4) is 11.1 Å². The van der Waals surface area contributed by atoms with Gasteiger partial charge in [0, 0.05) is 23.1 Å². The van der Waals surface area contributed by atoms with Crippen molar-refractivity contribution in [3.05, 3.63) is 204 Å². The van der Waals surface area contributed by atoms with Crippen molar-refractivity contribution >= 4 is 40.6 Å². The number of benzene rings is 6. The molecule has 0 saturated heterocycles. The van der Waals surface area contributed by atoms with E-state index in [-0.39, 0.29) is 5.57 Å². The van der Waals surface area contributed by atoms with Crippen molar-refractivity contribution in [3.63, 3.8) is 0 Å². The van der Waals surface area contributed by atoms with Crippen LogP contribution in [0, 0.1) is 0 Å². The summed E-state index contributed by atoms with van der Waals surface area (Å²) in [6.07, 6.45) is 6.30. The normalized spacial score (nSPS) is 10.8. The number of aliphatic carboxylic acids is 1. The summed E-state index contributed by atoms with van der Waals surface area (Å²) in [5.41, 5.74) is 10.5. The van der Waals surface area contributed by atoms with Crippen LogP contribution in [0.5, 0.6) is 0 Å². The molecule has 46 heavy (non-hydrogen) atoms. The standard InChI is InChI=1S/C43H33NO2/c1-32(43(45)46)35-23-19-33(20-24-35)17-18-34-21-27-40(28-22-34)44(41-29-25-37(26-30-41)36-11-5-2-6-12-36)31-42(38-13-7-3-8-14-38)39-15-9-4-10-16-39/h2-31H,1H2,(H,45,46). The summed E-state index contributed by atoms with van der Waals surface area (Å²) in [6.45, 7) is 3.64. The molecule has 0 unspecified atom stereocenters. The minimum atomic E-state index is -1.01. The number of carbonyl (C=O) groups is 1. The highest BCUT2D eigenvalue weighted by Gasteiger charge is 2.13. The Morgan fingerprint density at radius 2 is 0.913 bits per heavy atom. The number of carboxylic acid groups (broad SMARTS) is 1. The highest BCUT2D eigenvalue weighted by Crippen LogP contribution is 2.33. The fourth-order valence-electron chi connectivity index (χ4n) is 5.28. The molecule has 0 amide bonds. The fraction of sp³-hybridized carbons (Fsp3) is 0. The molecule has 3 heteroatoms. The lowest BCUT2D eigenvalue weighted by Gasteiger charge is -2.24. The van der Waals surface area contributed by atoms with Gasteiger partial charge in [0.25, 0.3) is 0 Å². The van der Waals surface area contributed by atoms with Crippen molar-refractivity contribution in [1.29, 1.82) is 0 Å². The van der Waals surface area contributed by atoms with E-state index in [4.69, 9.17) is 0 Å². The first-order chi connectivity index (χ1) is 22.5. The molecule has 222 valence electrons. The molecule has 0 aliphatic carbocycles. The van der Waals surface area contributed by atoms with Crippen molar-refractivity contribution in [2.45, 2.75) is 0 Å². The van der Waals surface area contributed by atoms with Gasteiger partial charge in [-0.05, 0) is 63.2 Å². The molecular weight excluding hydrogens is 562 g/mol. The quantitative estimate of drug-likeness (QED) is 0.126. The second-order valence-electron chi connectivity index (χ2n) is 10.9. The third kappa shape index (κ3) is 7.12. The zero-order valence-electron chi connectivity index (χ0n) is 25.3. The van der Waals surface area contributed by atoms with Gasteiger partial charge < -0.3 is 10.0 Å². The van der Waals surface area contributed by atoms with E-state index in [1.807, 2.05) is 36.4 Å². The number of hydrogen-bond donors (Lipinski definition) is 1. The average molecular weight is 596 g/mol. The molecule has 0 heterocycles. The first-order valence-corrected chi connectivity index (χ1v) is 15.1. The minimum absolute atomic E-state index is 0.0853. The van der Waals surface area contributed by atoms with Gasteiger partial charge in [-0.25, -0.2) is 4.79 Å². The average Bonchev–Trinajstić information content (AvgIpc) is 3.12. The van der Waals surface area contributed by atoms with Crippen LogP contribution in [0.4, 0.5) is 11.4 Å². The SMILES string of the molecule is C=C(C(=O)O)c1ccc(C=Cc2ccc(N(C=C(c3ccccc3)c3ccccc3)c3ccc(-c4ccccc4)cc3)cc2)cc1. The van der Waals surface area contributed by atoms with E-state index in [1.165, 1.54) is 11.1 Å². The van der Waals surface area contributed by atoms with Crippen LogP contribution >= 0.6 is 0 Å². The molecule has 6 rings (SSSR count). The monoisotopic (exact) mass is 595 g/mol. The van der Waals surface area contributed by atoms with E-state index in [9.17, 15) is 9.90 Å². The molecule has 0 aliphatic rings. The Bertz CT molecular complexity index is 1930. The maximum Gasteiger partial charge on any atom is 0.335 e. The molecule has 0 aliphatic heterocycles. The van der Waals surface area contributed by atoms with Crippen molar-refractivity contribution in [1.82, 2.24) is 0 Å². The summed E-state index contributed by atoms with van der Waals surface area (Å²) >= 11 is 0. The molecule has 6 aromatic carbocycles. The topological polar surface area (TPSA) is 40.5 Å². The summed E-state index contributed by atoms with van der Waals surface area (Å²) in [6, 6.07) is 55.9. The molecular formula is C43H33NO2. The van der Waals surface area contributed by atoms with Gasteiger partial charge in [0.2, 0.25) is 0 Å². The Morgan fingerprint density at radius 3 is 1.39 bits per heavy atom. The summed E-state index contributed by atoms with van der Waals surface area (Å²) in [7, 11) is 0. The Labute approximate surface area is 270 Å². The van der Waals surface area contributed by atoms with Gasteiger partial charge in [-0.1, -0.05) is 158 Å². The largest absolute Gasteiger partial charge is 0.478 e. The molecule has 0 fully saturated rings. The summed E-state index contributed by atoms with van der Waals surface area (Å²) in [5, 5.41) is 9.19. The Morgan fingerprint density at radius 1 is 0.500 bits per heavy atom. The van der Waals surface area contributed by atoms with Crippen LogP contribution in [-0.4, -0.2) is 11.1 Å². The second kappa shape index (κ2) is 14.1. The van der Waals surface area contributed by atoms with Crippen LogP contribution in [0.3, 0.4) is 0 Å². The number of nitrogens with zero attached hydrogens (tertiary/aromatic N) is 1. The van der Waals surface area contributed by atoms with Gasteiger partial charge in [0.15, 0.2) is 0 Å². The van der Waals surface area contributed by atoms with Crippen LogP contribution < -0.4 is 4.90 Å². The van der Waals surface area contributed by atoms with E-state index in [1.54, 1.807) is 12.1 Å². The van der Waals surface area contributed by atoms with E-state index >= 15 is 0 Å². The number of anilines is 2. The molecule has 0 spiro atoms. The molecule has 0 aromatic heterocycles. The Balaban J connectivity index is 1.35. The molecule has 0 saturated carbocycles. The zero-order chi connectivity index (χ0) is 31.7. The second-order valence-corrected chi connectivity index (χ2v) is 10.9. The van der Waals surface area contributed by atoms with Gasteiger partial charge >= 0.3 is 5.97 Å². The molecule has 0 bridgehead atoms. The number of hydrogen-bond acceptors (Lipinski definition) is 2. The summed E-state index contributed by atoms with van der Waals surface area (Å²) < 4.78 is 0. The maximum atomic E-state index is 11.2. The maximum absolute atomic E-state index is 11.2. The van der Waals surface area contributed by atoms with E-state index in [0.29, 0.717) is 5.56 Å². The molecule has 0 atom stereocenters. The van der Waals surface area contributed by atoms with Crippen molar-refractivity contribution in [2.24, 2.45) is 0 Å². The predicted octanol–water partition coefficient (Wildman–Crippen LogP) is 10.8. The van der Waals surface area contributed by atoms with Crippen molar-refractivity contribution < 1.29 is 9.90 Å². The van der Waals surface area contributed by atoms with Crippen LogP contribution in [0.15, 0.2) is 177 Å². The van der Waals surface area contributed by atoms with Gasteiger partial charge in [-0.2, -0.15) is 0 Å². The fourth-order valence-corrected chi connectivity index (χ4v) is 5.28. The van der Waals surface area contributed by atoms with Gasteiger partial charge in [-0.15, -0.1) is 0 Å². The Kier molecular flexibility index (Phi) is 9.13. The minimum Gasteiger partial charge on any atom is -0.478 e. The molecule has 0 radical (unpaired) electrons. The van der Waals surface area contributed by atoms with Crippen LogP contribution in [0.1, 0.15) is 27.8 Å². The van der Waals surface area contributed by atoms with E-state index in [2.05, 4.69) is 145 Å². The summed E-state index contributed by atoms with van der Waals surface area (Å²) in [5.74, 6) is -1.01. The summed E-state index contributed by atoms with van der Waals surface area (Å²) in [4.78, 5) is 13.5. The third-order valence-corrected chi connectivity index (χ3v) is 7.84. The lowest BCUT2D eigenvalue weighted by molar-refractivity contribution is -0.130. The van der Waals surface area contributed by atoms with Gasteiger partial charge in [-0.3, -0.25) is 0 Å². The lowest BCUT2D eigenvalue weighted by atomic mass is 9.98. The van der Waals surface area contributed by atoms with E-state index in [0.717, 1.165) is 39.2 Å². The number of carboxylic acids is 1. The Hall–Kier alpha value is -6.19. The lowest BCUT2D eigenvalue weighted by Crippen LogP contribution is -2.10. The van der Waals surface area contributed by atoms with Crippen LogP contribution in [-0.2, 0) is 4.79 Å². The van der Waals surface area contributed by atoms with Crippen LogP contribution in [0.2, 0.25) is 0 Å². The van der Waals surface area contributed by atoms with Crippen LogP contribution in [0.25, 0.3) is 34.4 Å². The highest BCUT2D eigenvalue weighted by molar-refractivity contribution is 6.14. The van der Waals surface area contributed by atoms with E-state index < -0.39 is 5.97 Å². The molecule has 6 aromatic rings. The molecule has 1 N–H and O–H groups in total.